The number of aromatic carboxylic acids is 1. The van der Waals surface area contributed by atoms with Crippen molar-refractivity contribution in [2.45, 2.75) is 182 Å². The third-order valence-electron chi connectivity index (χ3n) is 12.0. The number of benzene rings is 3. The van der Waals surface area contributed by atoms with E-state index in [9.17, 15) is 9.90 Å². The van der Waals surface area contributed by atoms with Crippen LogP contribution in [-0.2, 0) is 0 Å². The van der Waals surface area contributed by atoms with Crippen molar-refractivity contribution in [2.24, 2.45) is 0 Å². The topological polar surface area (TPSA) is 59.5 Å². The Labute approximate surface area is 347 Å². The molecular weight excluding hydrogens is 701 g/mol. The molecule has 5 heteroatoms. The van der Waals surface area contributed by atoms with Crippen LogP contribution in [0.3, 0.4) is 0 Å². The summed E-state index contributed by atoms with van der Waals surface area (Å²) >= 11 is 0. The monoisotopic (exact) mass is 779 g/mol. The van der Waals surface area contributed by atoms with E-state index in [-0.39, 0.29) is 5.56 Å². The van der Waals surface area contributed by atoms with E-state index >= 15 is 0 Å². The Morgan fingerprint density at radius 2 is 1.07 bits per heavy atom. The molecule has 1 aliphatic carbocycles. The lowest BCUT2D eigenvalue weighted by Crippen LogP contribution is -2.32. The highest BCUT2D eigenvalue weighted by Crippen LogP contribution is 2.42. The molecule has 2 aromatic carbocycles. The maximum absolute atomic E-state index is 12.5. The van der Waals surface area contributed by atoms with Crippen LogP contribution in [0.5, 0.6) is 0 Å². The Bertz CT molecular complexity index is 1720. The lowest BCUT2D eigenvalue weighted by molar-refractivity contribution is -0.254. The summed E-state index contributed by atoms with van der Waals surface area (Å²) < 4.78 is 9.53. The van der Waals surface area contributed by atoms with Gasteiger partial charge in [0.05, 0.1) is 12.0 Å². The second-order valence-corrected chi connectivity index (χ2v) is 16.7. The summed E-state index contributed by atoms with van der Waals surface area (Å²) in [6.45, 7) is 13.3. The van der Waals surface area contributed by atoms with Crippen LogP contribution in [-0.4, -0.2) is 32.1 Å². The molecule has 0 saturated carbocycles. The predicted molar refractivity (Wildman–Crippen MR) is 243 cm³/mol. The summed E-state index contributed by atoms with van der Waals surface area (Å²) in [7, 11) is 0. The van der Waals surface area contributed by atoms with Gasteiger partial charge in [0.1, 0.15) is 24.4 Å². The van der Waals surface area contributed by atoms with Gasteiger partial charge in [0.2, 0.25) is 5.36 Å². The number of rotatable bonds is 31. The minimum absolute atomic E-state index is 0.208. The summed E-state index contributed by atoms with van der Waals surface area (Å²) in [5.41, 5.74) is 4.71. The summed E-state index contributed by atoms with van der Waals surface area (Å²) in [4.78, 5) is 15.1. The van der Waals surface area contributed by atoms with E-state index in [2.05, 4.69) is 73.6 Å². The Morgan fingerprint density at radius 3 is 1.61 bits per heavy atom. The fourth-order valence-electron chi connectivity index (χ4n) is 8.50. The molecule has 0 spiro atoms. The Hall–Kier alpha value is -3.60. The van der Waals surface area contributed by atoms with Crippen LogP contribution in [0.15, 0.2) is 65.1 Å². The summed E-state index contributed by atoms with van der Waals surface area (Å²) in [5, 5.41) is 14.7. The molecule has 2 aliphatic rings. The van der Waals surface area contributed by atoms with Gasteiger partial charge >= 0.3 is 0 Å². The normalized spacial score (nSPS) is 11.5. The Kier molecular flexibility index (Phi) is 22.0. The summed E-state index contributed by atoms with van der Waals surface area (Å²) in [6.07, 6.45) is 30.7. The van der Waals surface area contributed by atoms with E-state index in [4.69, 9.17) is 4.42 Å². The molecule has 1 aliphatic heterocycles. The lowest BCUT2D eigenvalue weighted by Gasteiger charge is -2.26. The SMILES string of the molecule is CCCCCCCCN(CCCCCCCC)c1ccc2c(-c3ccccc3C(=O)[O-])c3ccc(=[N+](CCCCCCCC)CCCCCCCC)cc-3oc2c1. The van der Waals surface area contributed by atoms with Crippen molar-refractivity contribution in [1.82, 2.24) is 4.58 Å². The lowest BCUT2D eigenvalue weighted by atomic mass is 9.90. The standard InChI is InChI=1S/C52H78N2O3/c1-5-9-13-17-21-27-37-53(38-28-22-18-14-10-6-2)43-33-35-47-49(41-43)57-50-42-44(34-36-48(50)51(47)45-31-25-26-32-46(45)52(55)56)54(39-29-23-19-15-11-7-3)40-30-24-20-16-12-8-4/h25-26,31-36,41-42H,5-24,27-30,37-40H2,1-4H3. The number of unbranched alkanes of at least 4 members (excludes halogenated alkanes) is 20. The number of carbonyl (C=O) groups is 1. The van der Waals surface area contributed by atoms with Crippen LogP contribution in [0, 0.1) is 0 Å². The average molecular weight is 779 g/mol. The van der Waals surface area contributed by atoms with Gasteiger partial charge in [-0.15, -0.1) is 0 Å². The van der Waals surface area contributed by atoms with Crippen LogP contribution < -0.4 is 19.9 Å². The maximum atomic E-state index is 12.5. The Balaban J connectivity index is 1.78. The molecule has 4 rings (SSSR count). The molecule has 0 bridgehead atoms. The van der Waals surface area contributed by atoms with Crippen molar-refractivity contribution < 1.29 is 14.3 Å². The van der Waals surface area contributed by atoms with Crippen molar-refractivity contribution in [2.75, 3.05) is 31.1 Å². The predicted octanol–water partition coefficient (Wildman–Crippen LogP) is 13.6. The number of nitrogens with zero attached hydrogens (tertiary/aromatic N) is 2. The van der Waals surface area contributed by atoms with E-state index in [1.165, 1.54) is 165 Å². The zero-order valence-electron chi connectivity index (χ0n) is 36.7. The third-order valence-corrected chi connectivity index (χ3v) is 12.0. The molecule has 0 unspecified atom stereocenters. The molecule has 0 saturated heterocycles. The molecule has 0 radical (unpaired) electrons. The van der Waals surface area contributed by atoms with Gasteiger partial charge in [-0.25, -0.2) is 4.58 Å². The van der Waals surface area contributed by atoms with Crippen molar-refractivity contribution in [1.29, 1.82) is 0 Å². The highest BCUT2D eigenvalue weighted by Gasteiger charge is 2.22. The van der Waals surface area contributed by atoms with Gasteiger partial charge < -0.3 is 19.2 Å². The first kappa shape index (κ1) is 46.1. The number of carboxylic acid groups (broad SMARTS) is 1. The van der Waals surface area contributed by atoms with Crippen LogP contribution in [0.4, 0.5) is 5.69 Å². The minimum atomic E-state index is -1.16. The highest BCUT2D eigenvalue weighted by atomic mass is 16.4. The fraction of sp³-hybridized carbons (Fsp3) is 0.615. The van der Waals surface area contributed by atoms with Gasteiger partial charge in [-0.05, 0) is 49.4 Å². The fourth-order valence-corrected chi connectivity index (χ4v) is 8.50. The average Bonchev–Trinajstić information content (AvgIpc) is 3.22. The molecule has 5 nitrogen and oxygen atoms in total. The van der Waals surface area contributed by atoms with Crippen molar-refractivity contribution in [3.05, 3.63) is 71.6 Å². The van der Waals surface area contributed by atoms with Crippen molar-refractivity contribution in [3.8, 4) is 22.5 Å². The largest absolute Gasteiger partial charge is 0.545 e. The van der Waals surface area contributed by atoms with Crippen LogP contribution in [0.2, 0.25) is 0 Å². The molecule has 0 fully saturated rings. The first-order valence-corrected chi connectivity index (χ1v) is 23.7. The van der Waals surface area contributed by atoms with Gasteiger partial charge in [-0.3, -0.25) is 0 Å². The van der Waals surface area contributed by atoms with Gasteiger partial charge in [-0.2, -0.15) is 0 Å². The highest BCUT2D eigenvalue weighted by molar-refractivity contribution is 6.07. The second-order valence-electron chi connectivity index (χ2n) is 16.7. The van der Waals surface area contributed by atoms with E-state index in [0.717, 1.165) is 54.0 Å². The number of carbonyl (C=O) groups excluding carboxylic acids is 1. The maximum Gasteiger partial charge on any atom is 0.203 e. The first-order chi connectivity index (χ1) is 28.0. The number of anilines is 1. The van der Waals surface area contributed by atoms with Gasteiger partial charge in [0, 0.05) is 65.8 Å². The molecule has 2 aromatic rings. The number of hydrogen-bond acceptors (Lipinski definition) is 4. The molecule has 0 aromatic heterocycles. The summed E-state index contributed by atoms with van der Waals surface area (Å²) in [5.74, 6) is -0.358. The van der Waals surface area contributed by atoms with Crippen molar-refractivity contribution in [3.63, 3.8) is 0 Å². The zero-order valence-corrected chi connectivity index (χ0v) is 36.7. The molecular formula is C52H78N2O3. The first-order valence-electron chi connectivity index (χ1n) is 23.7. The number of hydrogen-bond donors (Lipinski definition) is 0. The quantitative estimate of drug-likeness (QED) is 0.0290. The smallest absolute Gasteiger partial charge is 0.203 e. The minimum Gasteiger partial charge on any atom is -0.545 e. The molecule has 0 N–H and O–H groups in total. The molecule has 1 heterocycles. The van der Waals surface area contributed by atoms with E-state index in [0.29, 0.717) is 5.56 Å². The van der Waals surface area contributed by atoms with Crippen LogP contribution >= 0.6 is 0 Å². The van der Waals surface area contributed by atoms with Gasteiger partial charge in [0.25, 0.3) is 0 Å². The van der Waals surface area contributed by atoms with Crippen LogP contribution in [0.25, 0.3) is 33.4 Å². The number of carboxylic acids is 1. The van der Waals surface area contributed by atoms with Crippen LogP contribution in [0.1, 0.15) is 192 Å². The Morgan fingerprint density at radius 1 is 0.561 bits per heavy atom. The zero-order chi connectivity index (χ0) is 40.5. The molecule has 0 atom stereocenters. The molecule has 57 heavy (non-hydrogen) atoms. The number of fused-ring (bicyclic) bond motifs is 2. The third kappa shape index (κ3) is 15.3. The van der Waals surface area contributed by atoms with E-state index in [1.54, 1.807) is 12.1 Å². The van der Waals surface area contributed by atoms with E-state index < -0.39 is 5.97 Å². The van der Waals surface area contributed by atoms with Gasteiger partial charge in [-0.1, -0.05) is 168 Å². The molecule has 0 amide bonds. The summed E-state index contributed by atoms with van der Waals surface area (Å²) in [6, 6.07) is 20.6. The van der Waals surface area contributed by atoms with E-state index in [1.807, 2.05) is 12.1 Å². The molecule has 314 valence electrons. The van der Waals surface area contributed by atoms with Gasteiger partial charge in [0.15, 0.2) is 0 Å². The second kappa shape index (κ2) is 27.2. The van der Waals surface area contributed by atoms with Crippen molar-refractivity contribution >= 4 is 22.6 Å².